The molecule has 0 radical (unpaired) electrons. The third kappa shape index (κ3) is 4.00. The van der Waals surface area contributed by atoms with Crippen molar-refractivity contribution in [2.45, 2.75) is 63.3 Å². The average Bonchev–Trinajstić information content (AvgIpc) is 3.47. The van der Waals surface area contributed by atoms with Gasteiger partial charge in [0.2, 0.25) is 0 Å². The zero-order chi connectivity index (χ0) is 21.3. The molecule has 1 aromatic heterocycles. The number of benzene rings is 2. The van der Waals surface area contributed by atoms with E-state index in [4.69, 9.17) is 9.47 Å². The highest BCUT2D eigenvalue weighted by Gasteiger charge is 2.32. The first-order valence-corrected chi connectivity index (χ1v) is 12.5. The van der Waals surface area contributed by atoms with Crippen LogP contribution in [0.2, 0.25) is 0 Å². The molecule has 32 heavy (non-hydrogen) atoms. The summed E-state index contributed by atoms with van der Waals surface area (Å²) >= 11 is 0. The molecule has 0 bridgehead atoms. The van der Waals surface area contributed by atoms with Crippen LogP contribution >= 0.6 is 0 Å². The molecule has 0 spiro atoms. The summed E-state index contributed by atoms with van der Waals surface area (Å²) in [5.74, 6) is 0.676. The highest BCUT2D eigenvalue weighted by atomic mass is 16.7. The number of ether oxygens (including phenoxy) is 2. The van der Waals surface area contributed by atoms with Crippen LogP contribution in [0.25, 0.3) is 10.8 Å². The predicted molar refractivity (Wildman–Crippen MR) is 128 cm³/mol. The maximum absolute atomic E-state index is 5.91. The molecule has 2 unspecified atom stereocenters. The molecule has 6 rings (SSSR count). The van der Waals surface area contributed by atoms with Crippen molar-refractivity contribution < 1.29 is 9.47 Å². The minimum Gasteiger partial charge on any atom is -0.353 e. The van der Waals surface area contributed by atoms with Gasteiger partial charge < -0.3 is 14.0 Å². The Morgan fingerprint density at radius 2 is 1.84 bits per heavy atom. The standard InChI is InChI=1S/C28H34N2O2/c1-2-17-31-27(9-1)32-18-16-29-13-10-24(20-29)21-11-14-30(15-12-21)26-19-23-7-3-5-22-6-4-8-25(26)28(22)23/h3-8,10,13,20-21,26-27H,1-2,9,11-12,14-19H2. The summed E-state index contributed by atoms with van der Waals surface area (Å²) in [6, 6.07) is 16.5. The van der Waals surface area contributed by atoms with E-state index >= 15 is 0 Å². The first-order valence-electron chi connectivity index (χ1n) is 12.5. The maximum atomic E-state index is 5.91. The minimum atomic E-state index is 0.00989. The number of aromatic nitrogens is 1. The van der Waals surface area contributed by atoms with Crippen molar-refractivity contribution in [1.82, 2.24) is 9.47 Å². The molecule has 4 heteroatoms. The first kappa shape index (κ1) is 20.5. The van der Waals surface area contributed by atoms with Gasteiger partial charge >= 0.3 is 0 Å². The Hall–Kier alpha value is -2.14. The molecule has 2 fully saturated rings. The van der Waals surface area contributed by atoms with Gasteiger partial charge in [0.1, 0.15) is 0 Å². The monoisotopic (exact) mass is 430 g/mol. The van der Waals surface area contributed by atoms with Crippen molar-refractivity contribution in [3.05, 3.63) is 71.5 Å². The summed E-state index contributed by atoms with van der Waals surface area (Å²) in [6.45, 7) is 4.85. The van der Waals surface area contributed by atoms with Gasteiger partial charge in [-0.3, -0.25) is 4.90 Å². The minimum absolute atomic E-state index is 0.00989. The van der Waals surface area contributed by atoms with Crippen LogP contribution in [0.4, 0.5) is 0 Å². The zero-order valence-electron chi connectivity index (χ0n) is 18.9. The molecule has 0 saturated carbocycles. The van der Waals surface area contributed by atoms with Gasteiger partial charge in [-0.1, -0.05) is 36.4 Å². The fourth-order valence-electron chi connectivity index (χ4n) is 6.06. The Labute approximate surface area is 191 Å². The van der Waals surface area contributed by atoms with Gasteiger partial charge in [-0.2, -0.15) is 0 Å². The zero-order valence-corrected chi connectivity index (χ0v) is 18.9. The largest absolute Gasteiger partial charge is 0.353 e. The van der Waals surface area contributed by atoms with Crippen LogP contribution in [-0.2, 0) is 22.4 Å². The second kappa shape index (κ2) is 9.01. The topological polar surface area (TPSA) is 26.6 Å². The molecule has 1 aliphatic carbocycles. The fraction of sp³-hybridized carbons (Fsp3) is 0.500. The Kier molecular flexibility index (Phi) is 5.76. The van der Waals surface area contributed by atoms with E-state index in [1.165, 1.54) is 67.1 Å². The Morgan fingerprint density at radius 1 is 0.969 bits per heavy atom. The second-order valence-corrected chi connectivity index (χ2v) is 9.74. The molecule has 0 N–H and O–H groups in total. The van der Waals surface area contributed by atoms with Crippen LogP contribution in [0.15, 0.2) is 54.9 Å². The lowest BCUT2D eigenvalue weighted by molar-refractivity contribution is -0.163. The van der Waals surface area contributed by atoms with Gasteiger partial charge in [-0.15, -0.1) is 0 Å². The molecule has 2 aromatic carbocycles. The summed E-state index contributed by atoms with van der Waals surface area (Å²) in [7, 11) is 0. The highest BCUT2D eigenvalue weighted by Crippen LogP contribution is 2.42. The SMILES string of the molecule is c1cc2c3c(cccc3c1)C(N1CCC(c3ccn(CCOC4CCCCO4)c3)CC1)C2. The van der Waals surface area contributed by atoms with Crippen molar-refractivity contribution in [2.75, 3.05) is 26.3 Å². The van der Waals surface area contributed by atoms with E-state index in [1.807, 2.05) is 0 Å². The van der Waals surface area contributed by atoms with E-state index in [0.29, 0.717) is 12.0 Å². The Balaban J connectivity index is 1.04. The van der Waals surface area contributed by atoms with Crippen LogP contribution in [0, 0.1) is 0 Å². The molecule has 3 aromatic rings. The number of piperidine rings is 1. The lowest BCUT2D eigenvalue weighted by atomic mass is 9.90. The van der Waals surface area contributed by atoms with Crippen LogP contribution < -0.4 is 0 Å². The molecule has 3 heterocycles. The van der Waals surface area contributed by atoms with E-state index in [2.05, 4.69) is 64.3 Å². The number of likely N-dealkylation sites (tertiary alicyclic amines) is 1. The second-order valence-electron chi connectivity index (χ2n) is 9.74. The molecule has 2 aliphatic heterocycles. The van der Waals surface area contributed by atoms with Crippen LogP contribution in [-0.4, -0.2) is 42.1 Å². The lowest BCUT2D eigenvalue weighted by Gasteiger charge is -2.36. The summed E-state index contributed by atoms with van der Waals surface area (Å²) in [6.07, 6.45) is 11.7. The van der Waals surface area contributed by atoms with E-state index in [1.54, 1.807) is 5.56 Å². The first-order chi connectivity index (χ1) is 15.8. The van der Waals surface area contributed by atoms with Crippen LogP contribution in [0.1, 0.15) is 60.8 Å². The number of hydrogen-bond donors (Lipinski definition) is 0. The summed E-state index contributed by atoms with van der Waals surface area (Å²) < 4.78 is 13.9. The van der Waals surface area contributed by atoms with E-state index < -0.39 is 0 Å². The van der Waals surface area contributed by atoms with Gasteiger partial charge in [0, 0.05) is 31.6 Å². The van der Waals surface area contributed by atoms with Gasteiger partial charge in [0.25, 0.3) is 0 Å². The van der Waals surface area contributed by atoms with E-state index in [9.17, 15) is 0 Å². The van der Waals surface area contributed by atoms with Crippen molar-refractivity contribution >= 4 is 10.8 Å². The smallest absolute Gasteiger partial charge is 0.157 e. The molecule has 0 amide bonds. The Morgan fingerprint density at radius 3 is 2.69 bits per heavy atom. The number of hydrogen-bond acceptors (Lipinski definition) is 3. The molecule has 2 atom stereocenters. The number of nitrogens with zero attached hydrogens (tertiary/aromatic N) is 2. The van der Waals surface area contributed by atoms with Gasteiger partial charge in [-0.05, 0) is 91.1 Å². The highest BCUT2D eigenvalue weighted by molar-refractivity contribution is 5.91. The van der Waals surface area contributed by atoms with Crippen LogP contribution in [0.3, 0.4) is 0 Å². The van der Waals surface area contributed by atoms with Crippen molar-refractivity contribution in [2.24, 2.45) is 0 Å². The molecule has 168 valence electrons. The molecular formula is C28H34N2O2. The summed E-state index contributed by atoms with van der Waals surface area (Å²) in [5.41, 5.74) is 4.57. The van der Waals surface area contributed by atoms with Crippen molar-refractivity contribution in [3.63, 3.8) is 0 Å². The average molecular weight is 431 g/mol. The third-order valence-corrected chi connectivity index (χ3v) is 7.80. The van der Waals surface area contributed by atoms with Crippen molar-refractivity contribution in [1.29, 1.82) is 0 Å². The van der Waals surface area contributed by atoms with Gasteiger partial charge in [-0.25, -0.2) is 0 Å². The maximum Gasteiger partial charge on any atom is 0.157 e. The Bertz CT molecular complexity index is 1050. The third-order valence-electron chi connectivity index (χ3n) is 7.80. The molecular weight excluding hydrogens is 396 g/mol. The molecule has 2 saturated heterocycles. The van der Waals surface area contributed by atoms with Gasteiger partial charge in [0.05, 0.1) is 6.61 Å². The summed E-state index contributed by atoms with van der Waals surface area (Å²) in [4.78, 5) is 2.74. The van der Waals surface area contributed by atoms with Crippen LogP contribution in [0.5, 0.6) is 0 Å². The normalized spacial score (nSPS) is 24.4. The lowest BCUT2D eigenvalue weighted by Crippen LogP contribution is -2.36. The van der Waals surface area contributed by atoms with Gasteiger partial charge in [0.15, 0.2) is 6.29 Å². The quantitative estimate of drug-likeness (QED) is 0.505. The molecule has 4 nitrogen and oxygen atoms in total. The van der Waals surface area contributed by atoms with Crippen molar-refractivity contribution in [3.8, 4) is 0 Å². The summed E-state index contributed by atoms with van der Waals surface area (Å²) in [5, 5.41) is 2.91. The van der Waals surface area contributed by atoms with E-state index in [-0.39, 0.29) is 6.29 Å². The fourth-order valence-corrected chi connectivity index (χ4v) is 6.06. The van der Waals surface area contributed by atoms with E-state index in [0.717, 1.165) is 26.2 Å². The molecule has 3 aliphatic rings. The number of rotatable bonds is 6. The predicted octanol–water partition coefficient (Wildman–Crippen LogP) is 5.66.